The Labute approximate surface area is 222 Å². The number of halogens is 2. The van der Waals surface area contributed by atoms with Gasteiger partial charge in [-0.15, -0.1) is 0 Å². The minimum absolute atomic E-state index is 0.0955. The number of imidazole rings is 1. The number of pyridine rings is 1. The topological polar surface area (TPSA) is 105 Å². The molecule has 0 aliphatic heterocycles. The summed E-state index contributed by atoms with van der Waals surface area (Å²) in [6.07, 6.45) is 2.01. The lowest BCUT2D eigenvalue weighted by Gasteiger charge is -2.31. The first-order chi connectivity index (χ1) is 17.7. The van der Waals surface area contributed by atoms with E-state index < -0.39 is 37.2 Å². The third-order valence-corrected chi connectivity index (χ3v) is 8.20. The Morgan fingerprint density at radius 3 is 2.45 bits per heavy atom. The molecule has 206 valence electrons. The Morgan fingerprint density at radius 2 is 1.84 bits per heavy atom. The SMILES string of the molecule is Cc1cc(OCc2c(F)cccc2F)c2nc(C)c(C(=O)NCC(C)(CCC[Si](C)(C)C)NC(=O)O)n2c1. The van der Waals surface area contributed by atoms with Gasteiger partial charge in [0, 0.05) is 20.8 Å². The van der Waals surface area contributed by atoms with Gasteiger partial charge in [0.2, 0.25) is 0 Å². The normalized spacial score (nSPS) is 13.3. The fourth-order valence-electron chi connectivity index (χ4n) is 4.38. The van der Waals surface area contributed by atoms with Gasteiger partial charge in [-0.25, -0.2) is 18.6 Å². The summed E-state index contributed by atoms with van der Waals surface area (Å²) in [6.45, 7) is 11.8. The Kier molecular flexibility index (Phi) is 8.81. The number of carbonyl (C=O) groups is 2. The van der Waals surface area contributed by atoms with Crippen molar-refractivity contribution in [1.82, 2.24) is 20.0 Å². The minimum atomic E-state index is -1.30. The molecule has 3 N–H and O–H groups in total. The molecule has 2 aromatic heterocycles. The molecule has 8 nitrogen and oxygen atoms in total. The van der Waals surface area contributed by atoms with Crippen LogP contribution in [0, 0.1) is 25.5 Å². The lowest BCUT2D eigenvalue weighted by Crippen LogP contribution is -2.53. The number of hydrogen-bond acceptors (Lipinski definition) is 4. The average Bonchev–Trinajstić information content (AvgIpc) is 3.11. The molecular weight excluding hydrogens is 510 g/mol. The number of nitrogens with zero attached hydrogens (tertiary/aromatic N) is 2. The molecule has 38 heavy (non-hydrogen) atoms. The van der Waals surface area contributed by atoms with E-state index in [1.165, 1.54) is 6.07 Å². The molecule has 0 saturated heterocycles. The van der Waals surface area contributed by atoms with Crippen LogP contribution in [0.4, 0.5) is 13.6 Å². The quantitative estimate of drug-likeness (QED) is 0.268. The standard InChI is InChI=1S/C27H36F2N4O4Si/c1-17-13-22(37-15-19-20(28)9-7-10-21(19)29)24-31-18(2)23(33(24)14-17)25(34)30-16-27(3,32-26(35)36)11-8-12-38(4,5)6/h7,9-10,13-14,32H,8,11-12,15-16H2,1-6H3,(H,30,34)(H,35,36). The van der Waals surface area contributed by atoms with Gasteiger partial charge in [0.15, 0.2) is 11.4 Å². The zero-order chi connectivity index (χ0) is 28.3. The first-order valence-corrected chi connectivity index (χ1v) is 16.2. The highest BCUT2D eigenvalue weighted by molar-refractivity contribution is 6.76. The van der Waals surface area contributed by atoms with Crippen LogP contribution in [0.1, 0.15) is 47.1 Å². The molecule has 1 aromatic carbocycles. The summed E-state index contributed by atoms with van der Waals surface area (Å²) in [6, 6.07) is 6.34. The second-order valence-corrected chi connectivity index (χ2v) is 16.8. The smallest absolute Gasteiger partial charge is 0.405 e. The highest BCUT2D eigenvalue weighted by Gasteiger charge is 2.29. The van der Waals surface area contributed by atoms with Crippen molar-refractivity contribution in [1.29, 1.82) is 0 Å². The molecule has 0 spiro atoms. The van der Waals surface area contributed by atoms with E-state index in [1.54, 1.807) is 37.4 Å². The highest BCUT2D eigenvalue weighted by Crippen LogP contribution is 2.26. The summed E-state index contributed by atoms with van der Waals surface area (Å²) >= 11 is 0. The molecule has 0 fully saturated rings. The van der Waals surface area contributed by atoms with Gasteiger partial charge in [-0.2, -0.15) is 0 Å². The highest BCUT2D eigenvalue weighted by atomic mass is 28.3. The largest absolute Gasteiger partial charge is 0.485 e. The number of nitrogens with one attached hydrogen (secondary N) is 2. The van der Waals surface area contributed by atoms with E-state index in [4.69, 9.17) is 4.74 Å². The molecular formula is C27H36F2N4O4Si. The van der Waals surface area contributed by atoms with Crippen molar-refractivity contribution in [3.63, 3.8) is 0 Å². The summed E-state index contributed by atoms with van der Waals surface area (Å²) in [7, 11) is -1.30. The number of hydrogen-bond donors (Lipinski definition) is 3. The van der Waals surface area contributed by atoms with E-state index in [0.717, 1.165) is 30.2 Å². The van der Waals surface area contributed by atoms with Crippen LogP contribution in [0.15, 0.2) is 30.5 Å². The molecule has 3 rings (SSSR count). The number of amides is 2. The molecule has 0 aliphatic carbocycles. The molecule has 3 aromatic rings. The fraction of sp³-hybridized carbons (Fsp3) is 0.444. The molecule has 1 atom stereocenters. The molecule has 0 radical (unpaired) electrons. The fourth-order valence-corrected chi connectivity index (χ4v) is 5.62. The van der Waals surface area contributed by atoms with Crippen molar-refractivity contribution in [2.24, 2.45) is 0 Å². The molecule has 11 heteroatoms. The number of aromatic nitrogens is 2. The lowest BCUT2D eigenvalue weighted by atomic mass is 9.96. The number of carbonyl (C=O) groups excluding carboxylic acids is 1. The monoisotopic (exact) mass is 546 g/mol. The zero-order valence-corrected chi connectivity index (χ0v) is 23.7. The zero-order valence-electron chi connectivity index (χ0n) is 22.7. The summed E-state index contributed by atoms with van der Waals surface area (Å²) in [5, 5.41) is 14.8. The average molecular weight is 547 g/mol. The van der Waals surface area contributed by atoms with Crippen LogP contribution in [-0.4, -0.2) is 46.6 Å². The van der Waals surface area contributed by atoms with Crippen LogP contribution in [0.2, 0.25) is 25.7 Å². The van der Waals surface area contributed by atoms with Crippen LogP contribution in [0.25, 0.3) is 5.65 Å². The van der Waals surface area contributed by atoms with Crippen molar-refractivity contribution >= 4 is 25.7 Å². The Hall–Kier alpha value is -3.47. The van der Waals surface area contributed by atoms with Crippen LogP contribution in [-0.2, 0) is 6.61 Å². The van der Waals surface area contributed by atoms with E-state index in [0.29, 0.717) is 17.8 Å². The maximum atomic E-state index is 14.1. The minimum Gasteiger partial charge on any atom is -0.485 e. The van der Waals surface area contributed by atoms with Gasteiger partial charge in [-0.05, 0) is 51.0 Å². The lowest BCUT2D eigenvalue weighted by molar-refractivity contribution is 0.0929. The molecule has 0 saturated carbocycles. The van der Waals surface area contributed by atoms with Crippen LogP contribution in [0.5, 0.6) is 5.75 Å². The van der Waals surface area contributed by atoms with E-state index in [2.05, 4.69) is 35.3 Å². The van der Waals surface area contributed by atoms with Crippen LogP contribution >= 0.6 is 0 Å². The van der Waals surface area contributed by atoms with Gasteiger partial charge < -0.3 is 20.5 Å². The van der Waals surface area contributed by atoms with Gasteiger partial charge in [0.05, 0.1) is 16.8 Å². The second kappa shape index (κ2) is 11.5. The third kappa shape index (κ3) is 7.30. The molecule has 2 amide bonds. The first-order valence-electron chi connectivity index (χ1n) is 12.5. The Bertz CT molecular complexity index is 1320. The Balaban J connectivity index is 1.82. The summed E-state index contributed by atoms with van der Waals surface area (Å²) in [5.41, 5.74) is 0.733. The van der Waals surface area contributed by atoms with Gasteiger partial charge in [0.25, 0.3) is 5.91 Å². The maximum Gasteiger partial charge on any atom is 0.405 e. The molecule has 1 unspecified atom stereocenters. The van der Waals surface area contributed by atoms with E-state index >= 15 is 0 Å². The number of ether oxygens (including phenoxy) is 1. The molecule has 2 heterocycles. The predicted molar refractivity (Wildman–Crippen MR) is 145 cm³/mol. The number of carboxylic acid groups (broad SMARTS) is 1. The summed E-state index contributed by atoms with van der Waals surface area (Å²) in [4.78, 5) is 29.3. The van der Waals surface area contributed by atoms with E-state index in [9.17, 15) is 23.5 Å². The first kappa shape index (κ1) is 29.1. The number of rotatable bonds is 11. The predicted octanol–water partition coefficient (Wildman–Crippen LogP) is 5.68. The third-order valence-electron chi connectivity index (χ3n) is 6.35. The van der Waals surface area contributed by atoms with E-state index in [1.807, 2.05) is 0 Å². The molecule has 0 aliphatic rings. The van der Waals surface area contributed by atoms with Gasteiger partial charge in [-0.1, -0.05) is 38.2 Å². The Morgan fingerprint density at radius 1 is 1.18 bits per heavy atom. The van der Waals surface area contributed by atoms with Crippen molar-refractivity contribution in [3.05, 3.63) is 64.6 Å². The number of fused-ring (bicyclic) bond motifs is 1. The van der Waals surface area contributed by atoms with Crippen LogP contribution < -0.4 is 15.4 Å². The second-order valence-electron chi connectivity index (χ2n) is 11.2. The van der Waals surface area contributed by atoms with E-state index in [-0.39, 0.29) is 30.2 Å². The molecule has 0 bridgehead atoms. The number of benzene rings is 1. The van der Waals surface area contributed by atoms with Gasteiger partial charge in [0.1, 0.15) is 23.9 Å². The summed E-state index contributed by atoms with van der Waals surface area (Å²) in [5.74, 6) is -1.57. The van der Waals surface area contributed by atoms with Crippen LogP contribution in [0.3, 0.4) is 0 Å². The van der Waals surface area contributed by atoms with Crippen molar-refractivity contribution in [2.45, 2.75) is 71.4 Å². The van der Waals surface area contributed by atoms with Crippen molar-refractivity contribution in [2.75, 3.05) is 6.54 Å². The van der Waals surface area contributed by atoms with Crippen molar-refractivity contribution in [3.8, 4) is 5.75 Å². The maximum absolute atomic E-state index is 14.1. The van der Waals surface area contributed by atoms with Gasteiger partial charge in [-0.3, -0.25) is 9.20 Å². The van der Waals surface area contributed by atoms with Crippen molar-refractivity contribution < 1.29 is 28.2 Å². The number of aryl methyl sites for hydroxylation is 2. The van der Waals surface area contributed by atoms with Gasteiger partial charge >= 0.3 is 6.09 Å². The summed E-state index contributed by atoms with van der Waals surface area (Å²) < 4.78 is 35.5.